The maximum Gasteiger partial charge on any atom is 0.307 e. The van der Waals surface area contributed by atoms with Gasteiger partial charge in [-0.05, 0) is 31.2 Å². The smallest absolute Gasteiger partial charge is 0.307 e. The number of hydrogen-bond donors (Lipinski definition) is 0. The highest BCUT2D eigenvalue weighted by Gasteiger charge is 2.31. The number of ether oxygens (including phenoxy) is 4. The van der Waals surface area contributed by atoms with Crippen molar-refractivity contribution < 1.29 is 32.9 Å². The molecule has 2 aliphatic heterocycles. The van der Waals surface area contributed by atoms with Crippen LogP contribution >= 0.6 is 0 Å². The van der Waals surface area contributed by atoms with Crippen LogP contribution in [0.5, 0.6) is 11.5 Å². The molecule has 4 rings (SSSR count). The van der Waals surface area contributed by atoms with E-state index in [4.69, 9.17) is 18.9 Å². The molecule has 1 unspecified atom stereocenters. The lowest BCUT2D eigenvalue weighted by Gasteiger charge is -2.32. The van der Waals surface area contributed by atoms with Crippen LogP contribution in [0.3, 0.4) is 0 Å². The largest absolute Gasteiger partial charge is 0.479 e. The molecule has 152 valence electrons. The Kier molecular flexibility index (Phi) is 5.35. The van der Waals surface area contributed by atoms with Crippen LogP contribution in [0.4, 0.5) is 10.1 Å². The van der Waals surface area contributed by atoms with Crippen molar-refractivity contribution in [2.45, 2.75) is 32.7 Å². The fourth-order valence-corrected chi connectivity index (χ4v) is 3.39. The molecule has 7 nitrogen and oxygen atoms in total. The van der Waals surface area contributed by atoms with Crippen molar-refractivity contribution in [3.63, 3.8) is 0 Å². The van der Waals surface area contributed by atoms with Crippen LogP contribution in [0.15, 0.2) is 36.4 Å². The molecular weight excluding hydrogens is 381 g/mol. The quantitative estimate of drug-likeness (QED) is 0.718. The number of hydrogen-bond acceptors (Lipinski definition) is 6. The Morgan fingerprint density at radius 3 is 3.00 bits per heavy atom. The van der Waals surface area contributed by atoms with Gasteiger partial charge in [-0.2, -0.15) is 0 Å². The van der Waals surface area contributed by atoms with Crippen LogP contribution in [0.25, 0.3) is 0 Å². The van der Waals surface area contributed by atoms with Gasteiger partial charge >= 0.3 is 5.97 Å². The van der Waals surface area contributed by atoms with Crippen molar-refractivity contribution in [2.24, 2.45) is 0 Å². The summed E-state index contributed by atoms with van der Waals surface area (Å²) < 4.78 is 35.2. The third kappa shape index (κ3) is 4.02. The van der Waals surface area contributed by atoms with Gasteiger partial charge in [-0.1, -0.05) is 12.1 Å². The van der Waals surface area contributed by atoms with Gasteiger partial charge in [0.25, 0.3) is 5.91 Å². The van der Waals surface area contributed by atoms with E-state index in [9.17, 15) is 14.0 Å². The lowest BCUT2D eigenvalue weighted by atomic mass is 10.1. The predicted molar refractivity (Wildman–Crippen MR) is 100.0 cm³/mol. The summed E-state index contributed by atoms with van der Waals surface area (Å²) in [5.41, 5.74) is 1.64. The van der Waals surface area contributed by atoms with Crippen LogP contribution in [-0.4, -0.2) is 31.3 Å². The van der Waals surface area contributed by atoms with Crippen LogP contribution in [-0.2, 0) is 32.3 Å². The highest BCUT2D eigenvalue weighted by Crippen LogP contribution is 2.34. The van der Waals surface area contributed by atoms with E-state index >= 15 is 0 Å². The Bertz CT molecular complexity index is 947. The standard InChI is InChI=1S/C21H20FNO6/c1-13-21(25)23(17-4-2-3-5-18(17)29-13)7-6-19(24)27-11-15-9-16(22)8-14-10-26-12-28-20(14)15/h2-5,8-9,13H,6-7,10-12H2,1H3. The summed E-state index contributed by atoms with van der Waals surface area (Å²) in [6.07, 6.45) is -0.632. The molecule has 2 heterocycles. The second kappa shape index (κ2) is 8.08. The number of carbonyl (C=O) groups excluding carboxylic acids is 2. The highest BCUT2D eigenvalue weighted by molar-refractivity contribution is 6.00. The van der Waals surface area contributed by atoms with Crippen molar-refractivity contribution in [1.82, 2.24) is 0 Å². The monoisotopic (exact) mass is 401 g/mol. The van der Waals surface area contributed by atoms with Gasteiger partial charge < -0.3 is 23.8 Å². The van der Waals surface area contributed by atoms with E-state index in [0.717, 1.165) is 0 Å². The van der Waals surface area contributed by atoms with Gasteiger partial charge in [0.1, 0.15) is 23.9 Å². The Morgan fingerprint density at radius 1 is 1.31 bits per heavy atom. The van der Waals surface area contributed by atoms with Crippen LogP contribution in [0.1, 0.15) is 24.5 Å². The third-order valence-corrected chi connectivity index (χ3v) is 4.75. The molecule has 1 atom stereocenters. The van der Waals surface area contributed by atoms with Gasteiger partial charge in [0, 0.05) is 17.7 Å². The maximum absolute atomic E-state index is 13.8. The van der Waals surface area contributed by atoms with Gasteiger partial charge in [-0.3, -0.25) is 9.59 Å². The molecular formula is C21H20FNO6. The summed E-state index contributed by atoms with van der Waals surface area (Å²) in [5.74, 6) is -0.0905. The number of amides is 1. The summed E-state index contributed by atoms with van der Waals surface area (Å²) in [6, 6.07) is 9.78. The molecule has 1 amide bonds. The Hall–Kier alpha value is -3.13. The SMILES string of the molecule is CC1Oc2ccccc2N(CCC(=O)OCc2cc(F)cc3c2OCOC3)C1=O. The zero-order chi connectivity index (χ0) is 20.4. The number of fused-ring (bicyclic) bond motifs is 2. The van der Waals surface area contributed by atoms with Gasteiger partial charge in [-0.25, -0.2) is 4.39 Å². The zero-order valence-corrected chi connectivity index (χ0v) is 15.9. The molecule has 0 spiro atoms. The van der Waals surface area contributed by atoms with Gasteiger partial charge in [0.05, 0.1) is 18.7 Å². The van der Waals surface area contributed by atoms with Gasteiger partial charge in [0.2, 0.25) is 0 Å². The molecule has 0 aliphatic carbocycles. The fourth-order valence-electron chi connectivity index (χ4n) is 3.39. The first kappa shape index (κ1) is 19.2. The first-order chi connectivity index (χ1) is 14.0. The number of benzene rings is 2. The molecule has 0 N–H and O–H groups in total. The van der Waals surface area contributed by atoms with Gasteiger partial charge in [0.15, 0.2) is 12.9 Å². The van der Waals surface area contributed by atoms with Gasteiger partial charge in [-0.15, -0.1) is 0 Å². The maximum atomic E-state index is 13.8. The average Bonchev–Trinajstić information content (AvgIpc) is 2.72. The number of esters is 1. The molecule has 0 radical (unpaired) electrons. The summed E-state index contributed by atoms with van der Waals surface area (Å²) in [5, 5.41) is 0. The van der Waals surface area contributed by atoms with E-state index in [2.05, 4.69) is 0 Å². The van der Waals surface area contributed by atoms with Crippen LogP contribution in [0.2, 0.25) is 0 Å². The molecule has 0 saturated heterocycles. The molecule has 2 aromatic carbocycles. The summed E-state index contributed by atoms with van der Waals surface area (Å²) in [7, 11) is 0. The van der Waals surface area contributed by atoms with E-state index < -0.39 is 17.9 Å². The molecule has 0 fully saturated rings. The van der Waals surface area contributed by atoms with E-state index in [1.165, 1.54) is 17.0 Å². The van der Waals surface area contributed by atoms with E-state index in [1.54, 1.807) is 25.1 Å². The normalized spacial score (nSPS) is 17.7. The van der Waals surface area contributed by atoms with Crippen molar-refractivity contribution in [2.75, 3.05) is 18.2 Å². The number of para-hydroxylation sites is 2. The lowest BCUT2D eigenvalue weighted by molar-refractivity contribution is -0.144. The second-order valence-corrected chi connectivity index (χ2v) is 6.79. The minimum Gasteiger partial charge on any atom is -0.479 e. The first-order valence-corrected chi connectivity index (χ1v) is 9.27. The number of nitrogens with zero attached hydrogens (tertiary/aromatic N) is 1. The molecule has 0 aromatic heterocycles. The van der Waals surface area contributed by atoms with Crippen molar-refractivity contribution >= 4 is 17.6 Å². The topological polar surface area (TPSA) is 74.3 Å². The zero-order valence-electron chi connectivity index (χ0n) is 15.9. The minimum absolute atomic E-state index is 0.00569. The molecule has 29 heavy (non-hydrogen) atoms. The van der Waals surface area contributed by atoms with E-state index in [-0.39, 0.29) is 38.9 Å². The Balaban J connectivity index is 1.39. The van der Waals surface area contributed by atoms with Crippen molar-refractivity contribution in [1.29, 1.82) is 0 Å². The first-order valence-electron chi connectivity index (χ1n) is 9.27. The summed E-state index contributed by atoms with van der Waals surface area (Å²) in [4.78, 5) is 26.2. The molecule has 8 heteroatoms. The molecule has 2 aromatic rings. The molecule has 0 saturated carbocycles. The third-order valence-electron chi connectivity index (χ3n) is 4.75. The number of carbonyl (C=O) groups is 2. The molecule has 2 aliphatic rings. The van der Waals surface area contributed by atoms with E-state index in [0.29, 0.717) is 28.3 Å². The molecule has 0 bridgehead atoms. The van der Waals surface area contributed by atoms with Crippen LogP contribution < -0.4 is 14.4 Å². The second-order valence-electron chi connectivity index (χ2n) is 6.79. The Labute approximate surface area is 166 Å². The number of rotatable bonds is 5. The fraction of sp³-hybridized carbons (Fsp3) is 0.333. The predicted octanol–water partition coefficient (Wildman–Crippen LogP) is 2.94. The lowest BCUT2D eigenvalue weighted by Crippen LogP contribution is -2.45. The summed E-state index contributed by atoms with van der Waals surface area (Å²) in [6.45, 7) is 2.01. The summed E-state index contributed by atoms with van der Waals surface area (Å²) >= 11 is 0. The van der Waals surface area contributed by atoms with Crippen LogP contribution in [0, 0.1) is 5.82 Å². The highest BCUT2D eigenvalue weighted by atomic mass is 19.1. The number of halogens is 1. The van der Waals surface area contributed by atoms with Crippen molar-refractivity contribution in [3.05, 3.63) is 53.3 Å². The van der Waals surface area contributed by atoms with E-state index in [1.807, 2.05) is 6.07 Å². The number of anilines is 1. The minimum atomic E-state index is -0.626. The van der Waals surface area contributed by atoms with Crippen molar-refractivity contribution in [3.8, 4) is 11.5 Å². The average molecular weight is 401 g/mol. The Morgan fingerprint density at radius 2 is 2.14 bits per heavy atom.